The van der Waals surface area contributed by atoms with Gasteiger partial charge in [-0.2, -0.15) is 0 Å². The lowest BCUT2D eigenvalue weighted by molar-refractivity contribution is 0.182. The summed E-state index contributed by atoms with van der Waals surface area (Å²) in [6, 6.07) is 6.42. The van der Waals surface area contributed by atoms with Gasteiger partial charge in [0, 0.05) is 13.7 Å². The molecule has 1 aliphatic rings. The fourth-order valence-corrected chi connectivity index (χ4v) is 2.11. The standard InChI is InChI=1S/C12H18BNO2/c1-8(2)9-4-5-11-10(6-9)12(7-14)16-13(11)15-3/h4-6,8,12H,7,14H2,1-3H3. The van der Waals surface area contributed by atoms with E-state index in [1.54, 1.807) is 7.11 Å². The van der Waals surface area contributed by atoms with Crippen LogP contribution in [0.1, 0.15) is 37.0 Å². The zero-order valence-corrected chi connectivity index (χ0v) is 10.1. The Morgan fingerprint density at radius 2 is 2.25 bits per heavy atom. The molecule has 1 unspecified atom stereocenters. The van der Waals surface area contributed by atoms with Gasteiger partial charge in [0.1, 0.15) is 0 Å². The van der Waals surface area contributed by atoms with Gasteiger partial charge >= 0.3 is 7.12 Å². The summed E-state index contributed by atoms with van der Waals surface area (Å²) in [7, 11) is 1.40. The van der Waals surface area contributed by atoms with Crippen LogP contribution in [0.5, 0.6) is 0 Å². The molecule has 1 heterocycles. The van der Waals surface area contributed by atoms with E-state index in [1.165, 1.54) is 11.1 Å². The minimum atomic E-state index is -0.259. The lowest BCUT2D eigenvalue weighted by Gasteiger charge is -2.11. The van der Waals surface area contributed by atoms with Crippen molar-refractivity contribution in [1.82, 2.24) is 0 Å². The highest BCUT2D eigenvalue weighted by molar-refractivity contribution is 6.63. The molecule has 2 N–H and O–H groups in total. The van der Waals surface area contributed by atoms with Crippen molar-refractivity contribution >= 4 is 12.6 Å². The molecule has 16 heavy (non-hydrogen) atoms. The van der Waals surface area contributed by atoms with Crippen LogP contribution in [0.3, 0.4) is 0 Å². The molecule has 3 nitrogen and oxygen atoms in total. The van der Waals surface area contributed by atoms with E-state index in [9.17, 15) is 0 Å². The Bertz CT molecular complexity index is 381. The molecule has 86 valence electrons. The Morgan fingerprint density at radius 1 is 1.50 bits per heavy atom. The fourth-order valence-electron chi connectivity index (χ4n) is 2.11. The highest BCUT2D eigenvalue weighted by Crippen LogP contribution is 2.26. The Hall–Kier alpha value is -0.835. The number of nitrogens with two attached hydrogens (primary N) is 1. The summed E-state index contributed by atoms with van der Waals surface area (Å²) in [5.74, 6) is 0.519. The van der Waals surface area contributed by atoms with Gasteiger partial charge in [-0.05, 0) is 22.5 Å². The fraction of sp³-hybridized carbons (Fsp3) is 0.500. The minimum Gasteiger partial charge on any atom is -0.410 e. The first kappa shape index (κ1) is 11.6. The van der Waals surface area contributed by atoms with Gasteiger partial charge < -0.3 is 15.0 Å². The summed E-state index contributed by atoms with van der Waals surface area (Å²) in [4.78, 5) is 0. The van der Waals surface area contributed by atoms with Crippen molar-refractivity contribution < 1.29 is 9.31 Å². The van der Waals surface area contributed by atoms with Crippen molar-refractivity contribution in [2.75, 3.05) is 13.7 Å². The molecule has 0 aromatic heterocycles. The highest BCUT2D eigenvalue weighted by Gasteiger charge is 2.36. The first-order chi connectivity index (χ1) is 7.67. The van der Waals surface area contributed by atoms with Gasteiger partial charge in [-0.1, -0.05) is 32.0 Å². The molecular weight excluding hydrogens is 201 g/mol. The SMILES string of the molecule is COB1OC(CN)c2cc(C(C)C)ccc21. The second-order valence-corrected chi connectivity index (χ2v) is 4.47. The van der Waals surface area contributed by atoms with Crippen LogP contribution >= 0.6 is 0 Å². The van der Waals surface area contributed by atoms with Crippen molar-refractivity contribution in [3.8, 4) is 0 Å². The first-order valence-electron chi connectivity index (χ1n) is 5.69. The first-order valence-corrected chi connectivity index (χ1v) is 5.69. The molecule has 0 spiro atoms. The second-order valence-electron chi connectivity index (χ2n) is 4.47. The van der Waals surface area contributed by atoms with E-state index in [1.807, 2.05) is 0 Å². The van der Waals surface area contributed by atoms with Crippen molar-refractivity contribution in [3.63, 3.8) is 0 Å². The van der Waals surface area contributed by atoms with Crippen LogP contribution in [0.15, 0.2) is 18.2 Å². The van der Waals surface area contributed by atoms with Gasteiger partial charge in [0.2, 0.25) is 0 Å². The van der Waals surface area contributed by atoms with Crippen LogP contribution in [0.2, 0.25) is 0 Å². The maximum absolute atomic E-state index is 5.72. The van der Waals surface area contributed by atoms with Crippen molar-refractivity contribution in [3.05, 3.63) is 29.3 Å². The van der Waals surface area contributed by atoms with Gasteiger partial charge in [-0.3, -0.25) is 0 Å². The van der Waals surface area contributed by atoms with E-state index >= 15 is 0 Å². The van der Waals surface area contributed by atoms with Crippen molar-refractivity contribution in [2.45, 2.75) is 25.9 Å². The molecule has 0 aliphatic carbocycles. The molecule has 1 aliphatic heterocycles. The molecular formula is C12H18BNO2. The second kappa shape index (κ2) is 4.57. The summed E-state index contributed by atoms with van der Waals surface area (Å²) in [6.45, 7) is 4.86. The van der Waals surface area contributed by atoms with Crippen LogP contribution in [0, 0.1) is 0 Å². The summed E-state index contributed by atoms with van der Waals surface area (Å²) < 4.78 is 11.0. The monoisotopic (exact) mass is 219 g/mol. The Kier molecular flexibility index (Phi) is 3.33. The summed E-state index contributed by atoms with van der Waals surface area (Å²) >= 11 is 0. The molecule has 1 atom stereocenters. The smallest absolute Gasteiger partial charge is 0.410 e. The van der Waals surface area contributed by atoms with Crippen LogP contribution < -0.4 is 11.2 Å². The van der Waals surface area contributed by atoms with Gasteiger partial charge in [0.15, 0.2) is 0 Å². The molecule has 0 saturated carbocycles. The third-order valence-corrected chi connectivity index (χ3v) is 3.09. The van der Waals surface area contributed by atoms with E-state index in [0.29, 0.717) is 12.5 Å². The van der Waals surface area contributed by atoms with E-state index in [2.05, 4.69) is 32.0 Å². The van der Waals surface area contributed by atoms with Gasteiger partial charge in [0.25, 0.3) is 0 Å². The van der Waals surface area contributed by atoms with Crippen molar-refractivity contribution in [1.29, 1.82) is 0 Å². The maximum Gasteiger partial charge on any atom is 0.494 e. The molecule has 2 rings (SSSR count). The van der Waals surface area contributed by atoms with Crippen LogP contribution in [0.25, 0.3) is 0 Å². The van der Waals surface area contributed by atoms with E-state index in [-0.39, 0.29) is 13.2 Å². The third kappa shape index (κ3) is 1.88. The zero-order chi connectivity index (χ0) is 11.7. The number of hydrogen-bond acceptors (Lipinski definition) is 3. The molecule has 0 radical (unpaired) electrons. The van der Waals surface area contributed by atoms with Crippen LogP contribution in [0.4, 0.5) is 0 Å². The molecule has 4 heteroatoms. The van der Waals surface area contributed by atoms with Crippen LogP contribution in [-0.4, -0.2) is 20.8 Å². The van der Waals surface area contributed by atoms with Crippen LogP contribution in [-0.2, 0) is 9.31 Å². The summed E-state index contributed by atoms with van der Waals surface area (Å²) in [5.41, 5.74) is 9.32. The summed E-state index contributed by atoms with van der Waals surface area (Å²) in [6.07, 6.45) is -0.0290. The largest absolute Gasteiger partial charge is 0.494 e. The third-order valence-electron chi connectivity index (χ3n) is 3.09. The minimum absolute atomic E-state index is 0.0290. The van der Waals surface area contributed by atoms with Crippen molar-refractivity contribution in [2.24, 2.45) is 5.73 Å². The molecule has 0 amide bonds. The lowest BCUT2D eigenvalue weighted by atomic mass is 9.77. The molecule has 0 fully saturated rings. The van der Waals surface area contributed by atoms with E-state index in [4.69, 9.17) is 15.0 Å². The number of rotatable bonds is 3. The Balaban J connectivity index is 2.40. The summed E-state index contributed by atoms with van der Waals surface area (Å²) in [5, 5.41) is 0. The number of fused-ring (bicyclic) bond motifs is 1. The molecule has 0 saturated heterocycles. The Labute approximate surface area is 97.1 Å². The molecule has 1 aromatic rings. The topological polar surface area (TPSA) is 44.5 Å². The highest BCUT2D eigenvalue weighted by atomic mass is 16.6. The molecule has 1 aromatic carbocycles. The zero-order valence-electron chi connectivity index (χ0n) is 10.1. The molecule has 0 bridgehead atoms. The number of hydrogen-bond donors (Lipinski definition) is 1. The normalized spacial score (nSPS) is 19.3. The van der Waals surface area contributed by atoms with Gasteiger partial charge in [-0.25, -0.2) is 0 Å². The van der Waals surface area contributed by atoms with E-state index in [0.717, 1.165) is 5.46 Å². The van der Waals surface area contributed by atoms with Gasteiger partial charge in [0.05, 0.1) is 6.10 Å². The average Bonchev–Trinajstić information content (AvgIpc) is 2.65. The lowest BCUT2D eigenvalue weighted by Crippen LogP contribution is -2.30. The average molecular weight is 219 g/mol. The quantitative estimate of drug-likeness (QED) is 0.776. The predicted molar refractivity (Wildman–Crippen MR) is 65.8 cm³/mol. The maximum atomic E-state index is 5.72. The van der Waals surface area contributed by atoms with Gasteiger partial charge in [-0.15, -0.1) is 0 Å². The number of benzene rings is 1. The van der Waals surface area contributed by atoms with E-state index < -0.39 is 0 Å². The Morgan fingerprint density at radius 3 is 2.81 bits per heavy atom. The predicted octanol–water partition coefficient (Wildman–Crippen LogP) is 1.18.